The Morgan fingerprint density at radius 2 is 1.46 bits per heavy atom. The Morgan fingerprint density at radius 1 is 1.08 bits per heavy atom. The van der Waals surface area contributed by atoms with Gasteiger partial charge >= 0.3 is 0 Å². The molecule has 0 aromatic rings. The summed E-state index contributed by atoms with van der Waals surface area (Å²) in [4.78, 5) is 32.8. The Kier molecular flexibility index (Phi) is 4.83. The molecule has 0 rings (SSSR count). The number of rotatable bonds is 5. The summed E-state index contributed by atoms with van der Waals surface area (Å²) in [6, 6.07) is 0. The zero-order valence-electron chi connectivity index (χ0n) is 6.83. The summed E-state index contributed by atoms with van der Waals surface area (Å²) >= 11 is 5.22. The van der Waals surface area contributed by atoms with E-state index in [4.69, 9.17) is 23.1 Å². The van der Waals surface area contributed by atoms with Crippen molar-refractivity contribution in [3.8, 4) is 0 Å². The predicted octanol–water partition coefficient (Wildman–Crippen LogP) is -1.98. The van der Waals surface area contributed by atoms with Gasteiger partial charge in [-0.15, -0.1) is 11.6 Å². The van der Waals surface area contributed by atoms with E-state index in [1.807, 2.05) is 0 Å². The molecule has 0 heterocycles. The third-order valence-corrected chi connectivity index (χ3v) is 1.39. The summed E-state index contributed by atoms with van der Waals surface area (Å²) in [6.07, 6.45) is 0. The maximum Gasteiger partial charge on any atom is 0.238 e. The van der Waals surface area contributed by atoms with Crippen LogP contribution >= 0.6 is 11.6 Å². The van der Waals surface area contributed by atoms with Crippen LogP contribution in [-0.4, -0.2) is 41.6 Å². The van der Waals surface area contributed by atoms with Gasteiger partial charge in [-0.25, -0.2) is 0 Å². The van der Waals surface area contributed by atoms with Gasteiger partial charge in [-0.1, -0.05) is 0 Å². The van der Waals surface area contributed by atoms with E-state index in [-0.39, 0.29) is 19.0 Å². The van der Waals surface area contributed by atoms with Crippen LogP contribution in [0.1, 0.15) is 0 Å². The number of primary amides is 2. The average molecular weight is 208 g/mol. The third kappa shape index (κ3) is 5.02. The van der Waals surface area contributed by atoms with E-state index in [2.05, 4.69) is 0 Å². The van der Waals surface area contributed by atoms with Gasteiger partial charge in [-0.05, 0) is 0 Å². The highest BCUT2D eigenvalue weighted by Crippen LogP contribution is 1.91. The number of nitrogens with zero attached hydrogens (tertiary/aromatic N) is 1. The van der Waals surface area contributed by atoms with E-state index >= 15 is 0 Å². The first-order valence-corrected chi connectivity index (χ1v) is 3.91. The van der Waals surface area contributed by atoms with Crippen molar-refractivity contribution in [3.05, 3.63) is 0 Å². The number of carbonyl (C=O) groups is 3. The first kappa shape index (κ1) is 11.7. The first-order chi connectivity index (χ1) is 5.97. The molecule has 0 aromatic heterocycles. The summed E-state index contributed by atoms with van der Waals surface area (Å²) < 4.78 is 0. The third-order valence-electron chi connectivity index (χ3n) is 1.16. The van der Waals surface area contributed by atoms with Crippen LogP contribution < -0.4 is 11.5 Å². The molecule has 0 saturated carbocycles. The molecular formula is C6H10ClN3O3. The largest absolute Gasteiger partial charge is 0.368 e. The second-order valence-electron chi connectivity index (χ2n) is 2.32. The summed E-state index contributed by atoms with van der Waals surface area (Å²) in [5.74, 6) is -2.32. The van der Waals surface area contributed by atoms with Crippen molar-refractivity contribution in [3.63, 3.8) is 0 Å². The fourth-order valence-corrected chi connectivity index (χ4v) is 0.862. The maximum absolute atomic E-state index is 11.0. The Bertz CT molecular complexity index is 215. The number of alkyl halides is 1. The minimum atomic E-state index is -0.722. The SMILES string of the molecule is NC(=O)CN(CC(N)=O)C(=O)CCl. The van der Waals surface area contributed by atoms with E-state index in [9.17, 15) is 14.4 Å². The molecule has 0 bridgehead atoms. The molecule has 0 spiro atoms. The zero-order chi connectivity index (χ0) is 10.4. The average Bonchev–Trinajstić information content (AvgIpc) is 2.00. The lowest BCUT2D eigenvalue weighted by Gasteiger charge is -2.17. The fraction of sp³-hybridized carbons (Fsp3) is 0.500. The highest BCUT2D eigenvalue weighted by molar-refractivity contribution is 6.27. The van der Waals surface area contributed by atoms with Gasteiger partial charge in [0.15, 0.2) is 0 Å². The minimum Gasteiger partial charge on any atom is -0.368 e. The van der Waals surface area contributed by atoms with Crippen LogP contribution in [0.25, 0.3) is 0 Å². The molecule has 7 heteroatoms. The molecule has 0 aliphatic carbocycles. The lowest BCUT2D eigenvalue weighted by molar-refractivity contribution is -0.136. The van der Waals surface area contributed by atoms with Gasteiger partial charge in [0, 0.05) is 0 Å². The number of carbonyl (C=O) groups excluding carboxylic acids is 3. The van der Waals surface area contributed by atoms with Gasteiger partial charge < -0.3 is 16.4 Å². The molecule has 4 N–H and O–H groups in total. The van der Waals surface area contributed by atoms with Crippen LogP contribution in [0.5, 0.6) is 0 Å². The van der Waals surface area contributed by atoms with Crippen LogP contribution in [0, 0.1) is 0 Å². The first-order valence-electron chi connectivity index (χ1n) is 3.37. The number of amides is 3. The van der Waals surface area contributed by atoms with Gasteiger partial charge in [0.05, 0.1) is 13.1 Å². The van der Waals surface area contributed by atoms with E-state index in [0.29, 0.717) is 0 Å². The molecule has 6 nitrogen and oxygen atoms in total. The Labute approximate surface area is 79.8 Å². The maximum atomic E-state index is 11.0. The second-order valence-corrected chi connectivity index (χ2v) is 2.58. The van der Waals surface area contributed by atoms with Crippen molar-refractivity contribution in [1.29, 1.82) is 0 Å². The molecule has 0 atom stereocenters. The van der Waals surface area contributed by atoms with Crippen molar-refractivity contribution >= 4 is 29.3 Å². The molecule has 0 aliphatic heterocycles. The van der Waals surface area contributed by atoms with Crippen LogP contribution in [0.2, 0.25) is 0 Å². The molecule has 0 aliphatic rings. The van der Waals surface area contributed by atoms with Crippen molar-refractivity contribution < 1.29 is 14.4 Å². The molecular weight excluding hydrogens is 198 g/mol. The topological polar surface area (TPSA) is 106 Å². The number of halogens is 1. The van der Waals surface area contributed by atoms with Crippen LogP contribution in [-0.2, 0) is 14.4 Å². The van der Waals surface area contributed by atoms with Gasteiger partial charge in [-0.2, -0.15) is 0 Å². The quantitative estimate of drug-likeness (QED) is 0.511. The Hall–Kier alpha value is -1.30. The number of nitrogens with two attached hydrogens (primary N) is 2. The van der Waals surface area contributed by atoms with Crippen LogP contribution in [0.15, 0.2) is 0 Å². The number of hydrogen-bond acceptors (Lipinski definition) is 3. The smallest absolute Gasteiger partial charge is 0.238 e. The summed E-state index contributed by atoms with van der Waals surface area (Å²) in [5.41, 5.74) is 9.67. The molecule has 3 amide bonds. The molecule has 0 aromatic carbocycles. The van der Waals surface area contributed by atoms with Gasteiger partial charge in [-0.3, -0.25) is 14.4 Å². The lowest BCUT2D eigenvalue weighted by Crippen LogP contribution is -2.43. The Morgan fingerprint density at radius 3 is 1.69 bits per heavy atom. The standard InChI is InChI=1S/C6H10ClN3O3/c7-1-6(13)10(2-4(8)11)3-5(9)12/h1-3H2,(H2,8,11)(H2,9,12). The normalized spacial score (nSPS) is 9.31. The summed E-state index contributed by atoms with van der Waals surface area (Å²) in [7, 11) is 0. The summed E-state index contributed by atoms with van der Waals surface area (Å²) in [6.45, 7) is -0.705. The lowest BCUT2D eigenvalue weighted by atomic mass is 10.4. The highest BCUT2D eigenvalue weighted by Gasteiger charge is 2.16. The fourth-order valence-electron chi connectivity index (χ4n) is 0.693. The van der Waals surface area contributed by atoms with Gasteiger partial charge in [0.25, 0.3) is 0 Å². The molecule has 0 fully saturated rings. The van der Waals surface area contributed by atoms with Crippen LogP contribution in [0.4, 0.5) is 0 Å². The van der Waals surface area contributed by atoms with E-state index in [1.54, 1.807) is 0 Å². The molecule has 0 unspecified atom stereocenters. The minimum absolute atomic E-state index is 0.319. The van der Waals surface area contributed by atoms with Crippen molar-refractivity contribution in [2.45, 2.75) is 0 Å². The van der Waals surface area contributed by atoms with Gasteiger partial charge in [0.1, 0.15) is 5.88 Å². The molecule has 0 radical (unpaired) electrons. The second kappa shape index (κ2) is 5.36. The monoisotopic (exact) mass is 207 g/mol. The van der Waals surface area contributed by atoms with Crippen molar-refractivity contribution in [2.75, 3.05) is 19.0 Å². The van der Waals surface area contributed by atoms with Crippen LogP contribution in [0.3, 0.4) is 0 Å². The molecule has 13 heavy (non-hydrogen) atoms. The summed E-state index contributed by atoms with van der Waals surface area (Å²) in [5, 5.41) is 0. The Balaban J connectivity index is 4.26. The molecule has 74 valence electrons. The van der Waals surface area contributed by atoms with E-state index in [0.717, 1.165) is 4.90 Å². The van der Waals surface area contributed by atoms with Crippen molar-refractivity contribution in [1.82, 2.24) is 4.90 Å². The van der Waals surface area contributed by atoms with Gasteiger partial charge in [0.2, 0.25) is 17.7 Å². The van der Waals surface area contributed by atoms with E-state index < -0.39 is 17.7 Å². The molecule has 0 saturated heterocycles. The number of hydrogen-bond donors (Lipinski definition) is 2. The highest BCUT2D eigenvalue weighted by atomic mass is 35.5. The van der Waals surface area contributed by atoms with E-state index in [1.165, 1.54) is 0 Å². The predicted molar refractivity (Wildman–Crippen MR) is 45.7 cm³/mol. The van der Waals surface area contributed by atoms with Crippen molar-refractivity contribution in [2.24, 2.45) is 11.5 Å². The zero-order valence-corrected chi connectivity index (χ0v) is 7.58.